The van der Waals surface area contributed by atoms with E-state index in [0.717, 1.165) is 62.8 Å². The Morgan fingerprint density at radius 2 is 0.868 bits per heavy atom. The monoisotopic (exact) mass is 532 g/mol. The van der Waals surface area contributed by atoms with Crippen molar-refractivity contribution in [1.82, 2.24) is 0 Å². The lowest BCUT2D eigenvalue weighted by atomic mass is 9.83. The minimum Gasteiger partial charge on any atom is -0.465 e. The molecule has 4 aromatic carbocycles. The zero-order chi connectivity index (χ0) is 27.8. The highest BCUT2D eigenvalue weighted by Crippen LogP contribution is 2.44. The van der Waals surface area contributed by atoms with Gasteiger partial charge in [0.05, 0.1) is 36.5 Å². The molecule has 0 amide bonds. The Bertz CT molecular complexity index is 1400. The summed E-state index contributed by atoms with van der Waals surface area (Å²) in [6, 6.07) is 14.4. The van der Waals surface area contributed by atoms with E-state index in [1.165, 1.54) is 0 Å². The van der Waals surface area contributed by atoms with E-state index < -0.39 is 35.4 Å². The van der Waals surface area contributed by atoms with Crippen molar-refractivity contribution in [3.05, 3.63) is 95.1 Å². The van der Waals surface area contributed by atoms with Gasteiger partial charge in [-0.3, -0.25) is 0 Å². The van der Waals surface area contributed by atoms with Gasteiger partial charge in [0.1, 0.15) is 0 Å². The van der Waals surface area contributed by atoms with Crippen LogP contribution in [-0.2, 0) is 21.8 Å². The predicted molar refractivity (Wildman–Crippen MR) is 128 cm³/mol. The van der Waals surface area contributed by atoms with Crippen LogP contribution in [0.15, 0.2) is 72.8 Å². The molecular formula is C28H18F6O4. The molecule has 4 nitrogen and oxygen atoms in total. The quantitative estimate of drug-likeness (QED) is 0.199. The third kappa shape index (κ3) is 4.81. The summed E-state index contributed by atoms with van der Waals surface area (Å²) >= 11 is 0. The molecule has 4 rings (SSSR count). The van der Waals surface area contributed by atoms with Gasteiger partial charge in [-0.25, -0.2) is 9.59 Å². The molecule has 0 fully saturated rings. The van der Waals surface area contributed by atoms with Gasteiger partial charge in [-0.15, -0.1) is 0 Å². The first kappa shape index (κ1) is 26.7. The predicted octanol–water partition coefficient (Wildman–Crippen LogP) is 7.78. The number of hydrogen-bond donors (Lipinski definition) is 0. The molecule has 10 heteroatoms. The maximum Gasteiger partial charge on any atom is 0.416 e. The van der Waals surface area contributed by atoms with Crippen LogP contribution >= 0.6 is 0 Å². The zero-order valence-electron chi connectivity index (χ0n) is 19.8. The van der Waals surface area contributed by atoms with Crippen molar-refractivity contribution in [3.63, 3.8) is 0 Å². The molecule has 196 valence electrons. The van der Waals surface area contributed by atoms with Gasteiger partial charge in [-0.1, -0.05) is 48.5 Å². The Morgan fingerprint density at radius 3 is 1.13 bits per heavy atom. The molecule has 0 unspecified atom stereocenters. The Kier molecular flexibility index (Phi) is 6.92. The SMILES string of the molecule is COC(=O)c1c(C(=O)OC)c(-c2ccc(C(F)(F)F)cc2)c2ccccc2c1-c1ccc(C(F)(F)F)cc1. The number of alkyl halides is 6. The van der Waals surface area contributed by atoms with Gasteiger partial charge in [0, 0.05) is 11.1 Å². The minimum absolute atomic E-state index is 0.109. The lowest BCUT2D eigenvalue weighted by Crippen LogP contribution is -2.16. The first-order chi connectivity index (χ1) is 17.9. The molecule has 0 bridgehead atoms. The van der Waals surface area contributed by atoms with Crippen molar-refractivity contribution in [3.8, 4) is 22.3 Å². The maximum atomic E-state index is 13.2. The number of halogens is 6. The summed E-state index contributed by atoms with van der Waals surface area (Å²) in [6.07, 6.45) is -9.20. The second kappa shape index (κ2) is 9.85. The molecule has 4 aromatic rings. The molecule has 0 N–H and O–H groups in total. The van der Waals surface area contributed by atoms with Crippen molar-refractivity contribution in [2.45, 2.75) is 12.4 Å². The van der Waals surface area contributed by atoms with Crippen molar-refractivity contribution in [2.75, 3.05) is 14.2 Å². The van der Waals surface area contributed by atoms with Gasteiger partial charge in [0.15, 0.2) is 0 Å². The standard InChI is InChI=1S/C28H18F6O4/c1-37-25(35)23-21(15-7-11-17(12-8-15)27(29,30)31)19-5-3-4-6-20(19)22(24(23)26(36)38-2)16-9-13-18(14-10-16)28(32,33)34/h3-14H,1-2H3. The van der Waals surface area contributed by atoms with Crippen molar-refractivity contribution in [2.24, 2.45) is 0 Å². The molecule has 0 aliphatic rings. The smallest absolute Gasteiger partial charge is 0.416 e. The fourth-order valence-corrected chi connectivity index (χ4v) is 4.30. The normalized spacial score (nSPS) is 11.9. The molecule has 0 spiro atoms. The molecule has 0 radical (unpaired) electrons. The second-order valence-corrected chi connectivity index (χ2v) is 8.18. The summed E-state index contributed by atoms with van der Waals surface area (Å²) in [7, 11) is 2.12. The van der Waals surface area contributed by atoms with Gasteiger partial charge in [-0.05, 0) is 46.2 Å². The fraction of sp³-hybridized carbons (Fsp3) is 0.143. The van der Waals surface area contributed by atoms with E-state index in [1.807, 2.05) is 0 Å². The molecule has 0 saturated carbocycles. The summed E-state index contributed by atoms with van der Waals surface area (Å²) < 4.78 is 89.0. The van der Waals surface area contributed by atoms with Gasteiger partial charge in [-0.2, -0.15) is 26.3 Å². The van der Waals surface area contributed by atoms with Crippen molar-refractivity contribution >= 4 is 22.7 Å². The van der Waals surface area contributed by atoms with Crippen LogP contribution in [0.3, 0.4) is 0 Å². The topological polar surface area (TPSA) is 52.6 Å². The largest absolute Gasteiger partial charge is 0.465 e. The van der Waals surface area contributed by atoms with Crippen LogP contribution in [-0.4, -0.2) is 26.2 Å². The molecule has 0 atom stereocenters. The van der Waals surface area contributed by atoms with E-state index in [4.69, 9.17) is 9.47 Å². The highest BCUT2D eigenvalue weighted by Gasteiger charge is 2.34. The van der Waals surface area contributed by atoms with Gasteiger partial charge in [0.25, 0.3) is 0 Å². The fourth-order valence-electron chi connectivity index (χ4n) is 4.30. The number of ether oxygens (including phenoxy) is 2. The molecule has 0 saturated heterocycles. The summed E-state index contributed by atoms with van der Waals surface area (Å²) in [5.74, 6) is -1.97. The van der Waals surface area contributed by atoms with Crippen molar-refractivity contribution in [1.29, 1.82) is 0 Å². The summed E-state index contributed by atoms with van der Waals surface area (Å²) in [5.41, 5.74) is -1.85. The third-order valence-electron chi connectivity index (χ3n) is 6.00. The van der Waals surface area contributed by atoms with Gasteiger partial charge >= 0.3 is 24.3 Å². The van der Waals surface area contributed by atoms with Crippen LogP contribution < -0.4 is 0 Å². The highest BCUT2D eigenvalue weighted by atomic mass is 19.4. The summed E-state index contributed by atoms with van der Waals surface area (Å²) in [6.45, 7) is 0. The average Bonchev–Trinajstić information content (AvgIpc) is 2.90. The lowest BCUT2D eigenvalue weighted by molar-refractivity contribution is -0.138. The van der Waals surface area contributed by atoms with E-state index >= 15 is 0 Å². The highest BCUT2D eigenvalue weighted by molar-refractivity contribution is 6.21. The number of rotatable bonds is 4. The molecule has 0 aromatic heterocycles. The van der Waals surface area contributed by atoms with Gasteiger partial charge in [0.2, 0.25) is 0 Å². The number of hydrogen-bond acceptors (Lipinski definition) is 4. The molecule has 38 heavy (non-hydrogen) atoms. The van der Waals surface area contributed by atoms with Crippen LogP contribution in [0.1, 0.15) is 31.8 Å². The molecule has 0 aliphatic heterocycles. The number of benzene rings is 4. The third-order valence-corrected chi connectivity index (χ3v) is 6.00. The van der Waals surface area contributed by atoms with Crippen LogP contribution in [0.25, 0.3) is 33.0 Å². The lowest BCUT2D eigenvalue weighted by Gasteiger charge is -2.21. The Hall–Kier alpha value is -4.34. The average molecular weight is 532 g/mol. The van der Waals surface area contributed by atoms with Crippen LogP contribution in [0.4, 0.5) is 26.3 Å². The Labute approximate surface area is 212 Å². The second-order valence-electron chi connectivity index (χ2n) is 8.18. The molecule has 0 aliphatic carbocycles. The first-order valence-corrected chi connectivity index (χ1v) is 11.0. The van der Waals surface area contributed by atoms with Crippen LogP contribution in [0, 0.1) is 0 Å². The van der Waals surface area contributed by atoms with E-state index in [1.54, 1.807) is 24.3 Å². The van der Waals surface area contributed by atoms with E-state index in [0.29, 0.717) is 10.8 Å². The number of esters is 2. The number of methoxy groups -OCH3 is 2. The summed E-state index contributed by atoms with van der Waals surface area (Å²) in [5, 5.41) is 0.713. The molecular weight excluding hydrogens is 514 g/mol. The van der Waals surface area contributed by atoms with Gasteiger partial charge < -0.3 is 9.47 Å². The minimum atomic E-state index is -4.60. The zero-order valence-corrected chi connectivity index (χ0v) is 19.8. The van der Waals surface area contributed by atoms with E-state index in [-0.39, 0.29) is 33.4 Å². The number of carbonyl (C=O) groups excluding carboxylic acids is 2. The van der Waals surface area contributed by atoms with Crippen molar-refractivity contribution < 1.29 is 45.4 Å². The Balaban J connectivity index is 2.15. The molecule has 0 heterocycles. The van der Waals surface area contributed by atoms with E-state index in [2.05, 4.69) is 0 Å². The number of fused-ring (bicyclic) bond motifs is 1. The summed E-state index contributed by atoms with van der Waals surface area (Å²) in [4.78, 5) is 26.3. The van der Waals surface area contributed by atoms with E-state index in [9.17, 15) is 35.9 Å². The Morgan fingerprint density at radius 1 is 0.553 bits per heavy atom. The van der Waals surface area contributed by atoms with Crippen LogP contribution in [0.2, 0.25) is 0 Å². The van der Waals surface area contributed by atoms with Crippen LogP contribution in [0.5, 0.6) is 0 Å². The maximum absolute atomic E-state index is 13.2. The number of carbonyl (C=O) groups is 2. The first-order valence-electron chi connectivity index (χ1n) is 11.0.